The minimum absolute atomic E-state index is 0.00779. The number of nitrogens with one attached hydrogen (secondary N) is 2. The Bertz CT molecular complexity index is 574. The Morgan fingerprint density at radius 3 is 2.17 bits per heavy atom. The Labute approximate surface area is 143 Å². The second kappa shape index (κ2) is 7.34. The highest BCUT2D eigenvalue weighted by Crippen LogP contribution is 2.33. The van der Waals surface area contributed by atoms with Crippen LogP contribution >= 0.6 is 0 Å². The first-order valence-electron chi connectivity index (χ1n) is 8.54. The maximum atomic E-state index is 12.7. The van der Waals surface area contributed by atoms with Gasteiger partial charge in [-0.15, -0.1) is 0 Å². The number of aliphatic hydroxyl groups excluding tert-OH is 1. The fourth-order valence-corrected chi connectivity index (χ4v) is 2.70. The van der Waals surface area contributed by atoms with Crippen LogP contribution in [-0.2, 0) is 9.59 Å². The van der Waals surface area contributed by atoms with Gasteiger partial charge in [-0.05, 0) is 30.7 Å². The fourth-order valence-electron chi connectivity index (χ4n) is 2.70. The van der Waals surface area contributed by atoms with Gasteiger partial charge in [-0.2, -0.15) is 0 Å². The second-order valence-corrected chi connectivity index (χ2v) is 7.72. The summed E-state index contributed by atoms with van der Waals surface area (Å²) in [5.41, 5.74) is 0.789. The molecule has 3 atom stereocenters. The van der Waals surface area contributed by atoms with Crippen molar-refractivity contribution >= 4 is 11.8 Å². The summed E-state index contributed by atoms with van der Waals surface area (Å²) in [6.45, 7) is 7.66. The highest BCUT2D eigenvalue weighted by atomic mass is 16.3. The lowest BCUT2D eigenvalue weighted by Crippen LogP contribution is -2.54. The van der Waals surface area contributed by atoms with Gasteiger partial charge in [0.1, 0.15) is 6.04 Å². The predicted molar refractivity (Wildman–Crippen MR) is 93.1 cm³/mol. The number of rotatable bonds is 6. The van der Waals surface area contributed by atoms with Crippen molar-refractivity contribution in [2.24, 2.45) is 11.3 Å². The van der Waals surface area contributed by atoms with Crippen molar-refractivity contribution < 1.29 is 14.7 Å². The van der Waals surface area contributed by atoms with Crippen LogP contribution in [0.2, 0.25) is 0 Å². The first-order chi connectivity index (χ1) is 11.2. The number of hydrogen-bond acceptors (Lipinski definition) is 3. The third-order valence-corrected chi connectivity index (χ3v) is 4.30. The Kier molecular flexibility index (Phi) is 5.65. The zero-order valence-corrected chi connectivity index (χ0v) is 14.9. The first kappa shape index (κ1) is 18.5. The molecule has 0 radical (unpaired) electrons. The van der Waals surface area contributed by atoms with Gasteiger partial charge in [-0.1, -0.05) is 51.1 Å². The molecule has 3 N–H and O–H groups in total. The van der Waals surface area contributed by atoms with Crippen LogP contribution in [0.1, 0.15) is 52.1 Å². The Balaban J connectivity index is 2.13. The molecule has 1 aromatic rings. The van der Waals surface area contributed by atoms with Crippen LogP contribution in [0.25, 0.3) is 0 Å². The van der Waals surface area contributed by atoms with Crippen molar-refractivity contribution in [2.45, 2.75) is 58.7 Å². The van der Waals surface area contributed by atoms with Crippen LogP contribution in [-0.4, -0.2) is 29.1 Å². The van der Waals surface area contributed by atoms with E-state index in [2.05, 4.69) is 10.6 Å². The smallest absolute Gasteiger partial charge is 0.245 e. The van der Waals surface area contributed by atoms with Crippen molar-refractivity contribution in [2.75, 3.05) is 0 Å². The van der Waals surface area contributed by atoms with E-state index in [0.29, 0.717) is 0 Å². The molecule has 0 heterocycles. The highest BCUT2D eigenvalue weighted by molar-refractivity contribution is 5.90. The number of carbonyl (C=O) groups excluding carboxylic acids is 2. The molecule has 3 unspecified atom stereocenters. The summed E-state index contributed by atoms with van der Waals surface area (Å²) in [5.74, 6) is -0.516. The maximum Gasteiger partial charge on any atom is 0.245 e. The maximum absolute atomic E-state index is 12.7. The van der Waals surface area contributed by atoms with Crippen molar-refractivity contribution in [3.8, 4) is 0 Å². The Hall–Kier alpha value is -1.88. The van der Waals surface area contributed by atoms with Gasteiger partial charge in [-0.3, -0.25) is 9.59 Å². The molecule has 0 aromatic heterocycles. The predicted octanol–water partition coefficient (Wildman–Crippen LogP) is 2.17. The van der Waals surface area contributed by atoms with Gasteiger partial charge < -0.3 is 15.7 Å². The fraction of sp³-hybridized carbons (Fsp3) is 0.579. The Morgan fingerprint density at radius 1 is 1.12 bits per heavy atom. The van der Waals surface area contributed by atoms with E-state index in [9.17, 15) is 14.7 Å². The molecule has 1 fully saturated rings. The van der Waals surface area contributed by atoms with Crippen LogP contribution in [0.5, 0.6) is 0 Å². The Morgan fingerprint density at radius 2 is 1.71 bits per heavy atom. The van der Waals surface area contributed by atoms with Crippen LogP contribution in [0.4, 0.5) is 0 Å². The first-order valence-corrected chi connectivity index (χ1v) is 8.54. The van der Waals surface area contributed by atoms with Crippen LogP contribution in [0.15, 0.2) is 30.3 Å². The summed E-state index contributed by atoms with van der Waals surface area (Å²) in [7, 11) is 0. The molecular weight excluding hydrogens is 304 g/mol. The third kappa shape index (κ3) is 4.81. The van der Waals surface area contributed by atoms with E-state index in [-0.39, 0.29) is 29.2 Å². The topological polar surface area (TPSA) is 78.4 Å². The normalized spacial score (nSPS) is 18.4. The number of carbonyl (C=O) groups is 2. The van der Waals surface area contributed by atoms with Crippen LogP contribution in [0, 0.1) is 11.3 Å². The largest absolute Gasteiger partial charge is 0.391 e. The average molecular weight is 332 g/mol. The monoisotopic (exact) mass is 332 g/mol. The molecule has 1 aliphatic rings. The number of amides is 2. The zero-order chi connectivity index (χ0) is 17.9. The molecule has 5 nitrogen and oxygen atoms in total. The van der Waals surface area contributed by atoms with Gasteiger partial charge in [0.2, 0.25) is 11.8 Å². The van der Waals surface area contributed by atoms with Gasteiger partial charge in [0.05, 0.1) is 12.1 Å². The van der Waals surface area contributed by atoms with E-state index in [4.69, 9.17) is 0 Å². The SMILES string of the molecule is CC(O)C(NC(=O)C1CC1)C(=O)NC(c1ccccc1)C(C)(C)C. The number of hydrogen-bond donors (Lipinski definition) is 3. The lowest BCUT2D eigenvalue weighted by atomic mass is 9.82. The molecule has 2 rings (SSSR count). The summed E-state index contributed by atoms with van der Waals surface area (Å²) in [5, 5.41) is 15.6. The molecule has 2 amide bonds. The van der Waals surface area contributed by atoms with Gasteiger partial charge >= 0.3 is 0 Å². The molecule has 1 aromatic carbocycles. The lowest BCUT2D eigenvalue weighted by molar-refractivity contribution is -0.133. The molecule has 24 heavy (non-hydrogen) atoms. The summed E-state index contributed by atoms with van der Waals surface area (Å²) in [4.78, 5) is 24.7. The molecule has 132 valence electrons. The highest BCUT2D eigenvalue weighted by Gasteiger charge is 2.36. The minimum Gasteiger partial charge on any atom is -0.391 e. The molecule has 1 aliphatic carbocycles. The van der Waals surface area contributed by atoms with Gasteiger partial charge in [0, 0.05) is 5.92 Å². The summed E-state index contributed by atoms with van der Waals surface area (Å²) >= 11 is 0. The van der Waals surface area contributed by atoms with E-state index in [1.54, 1.807) is 0 Å². The molecule has 0 bridgehead atoms. The van der Waals surface area contributed by atoms with Gasteiger partial charge in [0.15, 0.2) is 0 Å². The molecule has 0 spiro atoms. The number of aliphatic hydroxyl groups is 1. The quantitative estimate of drug-likeness (QED) is 0.747. The summed E-state index contributed by atoms with van der Waals surface area (Å²) in [6.07, 6.45) is 0.757. The van der Waals surface area contributed by atoms with E-state index >= 15 is 0 Å². The van der Waals surface area contributed by atoms with Crippen molar-refractivity contribution in [1.29, 1.82) is 0 Å². The van der Waals surface area contributed by atoms with Crippen molar-refractivity contribution in [1.82, 2.24) is 10.6 Å². The van der Waals surface area contributed by atoms with Gasteiger partial charge in [-0.25, -0.2) is 0 Å². The molecule has 5 heteroatoms. The molecular formula is C19H28N2O3. The zero-order valence-electron chi connectivity index (χ0n) is 14.9. The summed E-state index contributed by atoms with van der Waals surface area (Å²) in [6, 6.07) is 8.58. The standard InChI is InChI=1S/C19H28N2O3/c1-12(22)15(20-17(23)14-10-11-14)18(24)21-16(19(2,3)4)13-8-6-5-7-9-13/h5-9,12,14-16,22H,10-11H2,1-4H3,(H,20,23)(H,21,24). The average Bonchev–Trinajstić information content (AvgIpc) is 3.34. The number of benzene rings is 1. The van der Waals surface area contributed by atoms with Gasteiger partial charge in [0.25, 0.3) is 0 Å². The summed E-state index contributed by atoms with van der Waals surface area (Å²) < 4.78 is 0. The molecule has 0 aliphatic heterocycles. The third-order valence-electron chi connectivity index (χ3n) is 4.30. The van der Waals surface area contributed by atoms with Crippen molar-refractivity contribution in [3.63, 3.8) is 0 Å². The van der Waals surface area contributed by atoms with Crippen molar-refractivity contribution in [3.05, 3.63) is 35.9 Å². The minimum atomic E-state index is -0.955. The lowest BCUT2D eigenvalue weighted by Gasteiger charge is -2.34. The van der Waals surface area contributed by atoms with E-state index in [1.807, 2.05) is 51.1 Å². The van der Waals surface area contributed by atoms with E-state index in [0.717, 1.165) is 18.4 Å². The van der Waals surface area contributed by atoms with E-state index in [1.165, 1.54) is 6.92 Å². The van der Waals surface area contributed by atoms with Crippen LogP contribution < -0.4 is 10.6 Å². The second-order valence-electron chi connectivity index (χ2n) is 7.72. The molecule has 0 saturated heterocycles. The van der Waals surface area contributed by atoms with Crippen LogP contribution in [0.3, 0.4) is 0 Å². The molecule has 1 saturated carbocycles. The van der Waals surface area contributed by atoms with E-state index < -0.39 is 12.1 Å².